The molecule has 3 heterocycles. The number of rotatable bonds is 5. The fourth-order valence-corrected chi connectivity index (χ4v) is 2.64. The van der Waals surface area contributed by atoms with Crippen LogP contribution in [0.1, 0.15) is 28.8 Å². The molecule has 3 rings (SSSR count). The highest BCUT2D eigenvalue weighted by molar-refractivity contribution is 5.93. The average molecular weight is 332 g/mol. The van der Waals surface area contributed by atoms with Gasteiger partial charge in [-0.15, -0.1) is 0 Å². The van der Waals surface area contributed by atoms with E-state index in [0.717, 1.165) is 18.4 Å². The van der Waals surface area contributed by atoms with Crippen LogP contribution in [0.15, 0.2) is 35.4 Å². The van der Waals surface area contributed by atoms with E-state index in [2.05, 4.69) is 15.5 Å². The Labute approximate surface area is 139 Å². The van der Waals surface area contributed by atoms with E-state index in [-0.39, 0.29) is 18.6 Å². The van der Waals surface area contributed by atoms with Crippen LogP contribution in [-0.2, 0) is 11.3 Å². The Hall–Kier alpha value is -2.77. The number of likely N-dealkylation sites (tertiary alicyclic amines) is 1. The van der Waals surface area contributed by atoms with Crippen LogP contribution in [0.4, 0.5) is 4.79 Å². The standard InChI is InChI=1S/C16H20N4O4/c21-15(14-8-18-19-9-14)17-7-12-1-4-20(5-2-12)16(22)24-11-13-3-6-23-10-13/h3,6,8-10,12H,1-2,4-5,7,11H2,(H,17,21)(H,18,19). The minimum Gasteiger partial charge on any atom is -0.472 e. The highest BCUT2D eigenvalue weighted by Crippen LogP contribution is 2.17. The van der Waals surface area contributed by atoms with Gasteiger partial charge in [0, 0.05) is 31.4 Å². The first-order valence-corrected chi connectivity index (χ1v) is 7.92. The van der Waals surface area contributed by atoms with E-state index in [9.17, 15) is 9.59 Å². The van der Waals surface area contributed by atoms with Crippen molar-refractivity contribution in [2.24, 2.45) is 5.92 Å². The predicted octanol–water partition coefficient (Wildman–Crippen LogP) is 1.78. The lowest BCUT2D eigenvalue weighted by atomic mass is 9.97. The van der Waals surface area contributed by atoms with Crippen molar-refractivity contribution < 1.29 is 18.7 Å². The molecule has 2 N–H and O–H groups in total. The van der Waals surface area contributed by atoms with Crippen LogP contribution < -0.4 is 5.32 Å². The molecule has 0 aliphatic carbocycles. The van der Waals surface area contributed by atoms with E-state index >= 15 is 0 Å². The van der Waals surface area contributed by atoms with Crippen LogP contribution in [0.25, 0.3) is 0 Å². The van der Waals surface area contributed by atoms with Crippen LogP contribution in [-0.4, -0.2) is 46.7 Å². The number of ether oxygens (including phenoxy) is 1. The average Bonchev–Trinajstić information content (AvgIpc) is 3.31. The number of amides is 2. The second kappa shape index (κ2) is 7.67. The molecule has 0 unspecified atom stereocenters. The van der Waals surface area contributed by atoms with Crippen molar-refractivity contribution in [2.45, 2.75) is 19.4 Å². The number of piperidine rings is 1. The van der Waals surface area contributed by atoms with Crippen molar-refractivity contribution >= 4 is 12.0 Å². The number of aromatic amines is 1. The summed E-state index contributed by atoms with van der Waals surface area (Å²) in [5, 5.41) is 9.27. The summed E-state index contributed by atoms with van der Waals surface area (Å²) >= 11 is 0. The number of aromatic nitrogens is 2. The van der Waals surface area contributed by atoms with Crippen LogP contribution in [0, 0.1) is 5.92 Å². The number of furan rings is 1. The molecule has 24 heavy (non-hydrogen) atoms. The van der Waals surface area contributed by atoms with E-state index in [1.54, 1.807) is 29.7 Å². The maximum atomic E-state index is 12.0. The summed E-state index contributed by atoms with van der Waals surface area (Å²) in [5.41, 5.74) is 1.36. The lowest BCUT2D eigenvalue weighted by molar-refractivity contribution is 0.0799. The third-order valence-corrected chi connectivity index (χ3v) is 4.13. The number of H-pyrrole nitrogens is 1. The number of carbonyl (C=O) groups is 2. The Morgan fingerprint density at radius 2 is 2.25 bits per heavy atom. The summed E-state index contributed by atoms with van der Waals surface area (Å²) in [5.74, 6) is 0.226. The highest BCUT2D eigenvalue weighted by atomic mass is 16.6. The summed E-state index contributed by atoms with van der Waals surface area (Å²) in [4.78, 5) is 25.6. The summed E-state index contributed by atoms with van der Waals surface area (Å²) in [6.45, 7) is 2.09. The van der Waals surface area contributed by atoms with Gasteiger partial charge >= 0.3 is 6.09 Å². The monoisotopic (exact) mass is 332 g/mol. The van der Waals surface area contributed by atoms with Crippen LogP contribution in [0.5, 0.6) is 0 Å². The smallest absolute Gasteiger partial charge is 0.410 e. The minimum absolute atomic E-state index is 0.134. The molecule has 8 nitrogen and oxygen atoms in total. The molecule has 0 aromatic carbocycles. The van der Waals surface area contributed by atoms with Gasteiger partial charge in [0.15, 0.2) is 0 Å². The van der Waals surface area contributed by atoms with E-state index in [1.807, 2.05) is 0 Å². The first-order chi connectivity index (χ1) is 11.7. The van der Waals surface area contributed by atoms with E-state index in [1.165, 1.54) is 6.20 Å². The number of carbonyl (C=O) groups excluding carboxylic acids is 2. The zero-order valence-electron chi connectivity index (χ0n) is 13.2. The fourth-order valence-electron chi connectivity index (χ4n) is 2.64. The largest absolute Gasteiger partial charge is 0.472 e. The van der Waals surface area contributed by atoms with Crippen LogP contribution >= 0.6 is 0 Å². The number of nitrogens with zero attached hydrogens (tertiary/aromatic N) is 2. The molecule has 1 fully saturated rings. The maximum absolute atomic E-state index is 12.0. The van der Waals surface area contributed by atoms with Gasteiger partial charge in [-0.25, -0.2) is 4.79 Å². The van der Waals surface area contributed by atoms with Gasteiger partial charge in [-0.3, -0.25) is 9.89 Å². The third kappa shape index (κ3) is 4.15. The van der Waals surface area contributed by atoms with Crippen molar-refractivity contribution in [3.8, 4) is 0 Å². The molecular formula is C16H20N4O4. The van der Waals surface area contributed by atoms with Gasteiger partial charge < -0.3 is 19.4 Å². The van der Waals surface area contributed by atoms with Crippen molar-refractivity contribution in [3.63, 3.8) is 0 Å². The zero-order valence-corrected chi connectivity index (χ0v) is 13.2. The Bertz CT molecular complexity index is 646. The SMILES string of the molecule is O=C(NCC1CCN(C(=O)OCc2ccoc2)CC1)c1cn[nH]c1. The van der Waals surface area contributed by atoms with Gasteiger partial charge in [0.25, 0.3) is 5.91 Å². The van der Waals surface area contributed by atoms with Gasteiger partial charge in [0.2, 0.25) is 0 Å². The molecule has 2 aromatic heterocycles. The van der Waals surface area contributed by atoms with Gasteiger partial charge in [-0.05, 0) is 24.8 Å². The van der Waals surface area contributed by atoms with Gasteiger partial charge in [-0.2, -0.15) is 5.10 Å². The first-order valence-electron chi connectivity index (χ1n) is 7.92. The molecule has 0 saturated carbocycles. The Morgan fingerprint density at radius 1 is 1.42 bits per heavy atom. The van der Waals surface area contributed by atoms with E-state index in [4.69, 9.17) is 9.15 Å². The third-order valence-electron chi connectivity index (χ3n) is 4.13. The molecule has 0 atom stereocenters. The minimum atomic E-state index is -0.308. The summed E-state index contributed by atoms with van der Waals surface area (Å²) < 4.78 is 10.2. The molecule has 1 aliphatic rings. The summed E-state index contributed by atoms with van der Waals surface area (Å²) in [6, 6.07) is 1.77. The van der Waals surface area contributed by atoms with E-state index in [0.29, 0.717) is 31.1 Å². The maximum Gasteiger partial charge on any atom is 0.410 e. The lowest BCUT2D eigenvalue weighted by Crippen LogP contribution is -2.41. The molecule has 2 amide bonds. The second-order valence-corrected chi connectivity index (χ2v) is 5.81. The van der Waals surface area contributed by atoms with Crippen LogP contribution in [0.2, 0.25) is 0 Å². The number of hydrogen-bond donors (Lipinski definition) is 2. The topological polar surface area (TPSA) is 100 Å². The Kier molecular flexibility index (Phi) is 5.15. The Morgan fingerprint density at radius 3 is 2.92 bits per heavy atom. The molecule has 0 radical (unpaired) electrons. The molecule has 2 aromatic rings. The van der Waals surface area contributed by atoms with Crippen LogP contribution in [0.3, 0.4) is 0 Å². The molecule has 0 bridgehead atoms. The predicted molar refractivity (Wildman–Crippen MR) is 84.1 cm³/mol. The highest BCUT2D eigenvalue weighted by Gasteiger charge is 2.24. The molecule has 1 saturated heterocycles. The van der Waals surface area contributed by atoms with Gasteiger partial charge in [0.1, 0.15) is 6.61 Å². The zero-order chi connectivity index (χ0) is 16.8. The van der Waals surface area contributed by atoms with Crippen molar-refractivity contribution in [1.29, 1.82) is 0 Å². The first kappa shape index (κ1) is 16.1. The fraction of sp³-hybridized carbons (Fsp3) is 0.438. The second-order valence-electron chi connectivity index (χ2n) is 5.81. The molecular weight excluding hydrogens is 312 g/mol. The van der Waals surface area contributed by atoms with Crippen molar-refractivity contribution in [1.82, 2.24) is 20.4 Å². The van der Waals surface area contributed by atoms with Crippen molar-refractivity contribution in [2.75, 3.05) is 19.6 Å². The summed E-state index contributed by atoms with van der Waals surface area (Å²) in [7, 11) is 0. The molecule has 128 valence electrons. The normalized spacial score (nSPS) is 15.2. The lowest BCUT2D eigenvalue weighted by Gasteiger charge is -2.31. The van der Waals surface area contributed by atoms with E-state index < -0.39 is 0 Å². The molecule has 8 heteroatoms. The molecule has 0 spiro atoms. The Balaban J connectivity index is 1.36. The van der Waals surface area contributed by atoms with Gasteiger partial charge in [-0.1, -0.05) is 0 Å². The van der Waals surface area contributed by atoms with Gasteiger partial charge in [0.05, 0.1) is 24.3 Å². The summed E-state index contributed by atoms with van der Waals surface area (Å²) in [6.07, 6.45) is 7.53. The van der Waals surface area contributed by atoms with Crippen molar-refractivity contribution in [3.05, 3.63) is 42.1 Å². The quantitative estimate of drug-likeness (QED) is 0.869. The number of nitrogens with one attached hydrogen (secondary N) is 2. The number of hydrogen-bond acceptors (Lipinski definition) is 5. The molecule has 1 aliphatic heterocycles.